The number of nitrogens with one attached hydrogen (secondary N) is 1. The van der Waals surface area contributed by atoms with Crippen LogP contribution in [0.15, 0.2) is 6.07 Å². The second kappa shape index (κ2) is 4.88. The Morgan fingerprint density at radius 1 is 1.35 bits per heavy atom. The summed E-state index contributed by atoms with van der Waals surface area (Å²) in [6.07, 6.45) is 2.49. The molecule has 0 bridgehead atoms. The number of aryl methyl sites for hydroxylation is 2. The third-order valence-corrected chi connectivity index (χ3v) is 5.82. The molecule has 0 atom stereocenters. The maximum Gasteiger partial charge on any atom is 0.263 e. The molecule has 2 aliphatic heterocycles. The first-order valence-electron chi connectivity index (χ1n) is 7.12. The third kappa shape index (κ3) is 2.35. The van der Waals surface area contributed by atoms with Crippen molar-refractivity contribution in [3.05, 3.63) is 21.4 Å². The average Bonchev–Trinajstić information content (AvgIpc) is 2.94. The average molecular weight is 292 g/mol. The Kier molecular flexibility index (Phi) is 3.32. The SMILES string of the molecule is Cc1cc(C(=O)N2CCC3(CC2)CNC(=O)C3)sc1C. The summed E-state index contributed by atoms with van der Waals surface area (Å²) in [6, 6.07) is 1.99. The predicted molar refractivity (Wildman–Crippen MR) is 79.0 cm³/mol. The number of nitrogens with zero attached hydrogens (tertiary/aromatic N) is 1. The third-order valence-electron chi connectivity index (χ3n) is 4.68. The number of likely N-dealkylation sites (tertiary alicyclic amines) is 1. The van der Waals surface area contributed by atoms with Crippen LogP contribution in [0.1, 0.15) is 39.4 Å². The van der Waals surface area contributed by atoms with Crippen LogP contribution in [0.5, 0.6) is 0 Å². The van der Waals surface area contributed by atoms with E-state index in [1.807, 2.05) is 17.9 Å². The van der Waals surface area contributed by atoms with Gasteiger partial charge in [-0.1, -0.05) is 0 Å². The van der Waals surface area contributed by atoms with Crippen LogP contribution in [-0.4, -0.2) is 36.3 Å². The second-order valence-corrected chi connectivity index (χ2v) is 7.35. The summed E-state index contributed by atoms with van der Waals surface area (Å²) < 4.78 is 0. The van der Waals surface area contributed by atoms with E-state index in [1.165, 1.54) is 10.4 Å². The van der Waals surface area contributed by atoms with Crippen molar-refractivity contribution in [2.45, 2.75) is 33.1 Å². The normalized spacial score (nSPS) is 21.3. The van der Waals surface area contributed by atoms with Gasteiger partial charge in [0.2, 0.25) is 5.91 Å². The molecule has 20 heavy (non-hydrogen) atoms. The molecule has 1 aromatic rings. The number of thiophene rings is 1. The number of piperidine rings is 1. The lowest BCUT2D eigenvalue weighted by molar-refractivity contribution is -0.119. The molecule has 1 spiro atoms. The van der Waals surface area contributed by atoms with Crippen LogP contribution < -0.4 is 5.32 Å². The highest BCUT2D eigenvalue weighted by Gasteiger charge is 2.41. The Labute approximate surface area is 123 Å². The molecule has 1 aromatic heterocycles. The van der Waals surface area contributed by atoms with Gasteiger partial charge in [0, 0.05) is 30.9 Å². The van der Waals surface area contributed by atoms with Crippen molar-refractivity contribution >= 4 is 23.2 Å². The number of hydrogen-bond acceptors (Lipinski definition) is 3. The second-order valence-electron chi connectivity index (χ2n) is 6.10. The van der Waals surface area contributed by atoms with Crippen molar-refractivity contribution in [2.24, 2.45) is 5.41 Å². The summed E-state index contributed by atoms with van der Waals surface area (Å²) in [5, 5.41) is 2.93. The van der Waals surface area contributed by atoms with Gasteiger partial charge < -0.3 is 10.2 Å². The largest absolute Gasteiger partial charge is 0.356 e. The van der Waals surface area contributed by atoms with Gasteiger partial charge in [-0.15, -0.1) is 11.3 Å². The van der Waals surface area contributed by atoms with E-state index < -0.39 is 0 Å². The van der Waals surface area contributed by atoms with E-state index in [9.17, 15) is 9.59 Å². The zero-order valence-electron chi connectivity index (χ0n) is 12.0. The highest BCUT2D eigenvalue weighted by atomic mass is 32.1. The Morgan fingerprint density at radius 3 is 2.55 bits per heavy atom. The van der Waals surface area contributed by atoms with Crippen molar-refractivity contribution in [1.29, 1.82) is 0 Å². The van der Waals surface area contributed by atoms with Gasteiger partial charge >= 0.3 is 0 Å². The summed E-state index contributed by atoms with van der Waals surface area (Å²) in [5.41, 5.74) is 1.30. The molecule has 0 radical (unpaired) electrons. The number of amides is 2. The first kappa shape index (κ1) is 13.6. The topological polar surface area (TPSA) is 49.4 Å². The van der Waals surface area contributed by atoms with Gasteiger partial charge in [-0.3, -0.25) is 9.59 Å². The lowest BCUT2D eigenvalue weighted by Crippen LogP contribution is -2.43. The van der Waals surface area contributed by atoms with Gasteiger partial charge in [0.15, 0.2) is 0 Å². The number of hydrogen-bond donors (Lipinski definition) is 1. The summed E-state index contributed by atoms with van der Waals surface area (Å²) in [4.78, 5) is 27.9. The van der Waals surface area contributed by atoms with Gasteiger partial charge in [-0.25, -0.2) is 0 Å². The van der Waals surface area contributed by atoms with E-state index in [0.717, 1.165) is 37.4 Å². The van der Waals surface area contributed by atoms with E-state index >= 15 is 0 Å². The number of carbonyl (C=O) groups excluding carboxylic acids is 2. The van der Waals surface area contributed by atoms with E-state index in [-0.39, 0.29) is 17.2 Å². The molecule has 0 saturated carbocycles. The first-order chi connectivity index (χ1) is 9.49. The molecule has 2 saturated heterocycles. The maximum absolute atomic E-state index is 12.5. The van der Waals surface area contributed by atoms with Crippen LogP contribution in [-0.2, 0) is 4.79 Å². The van der Waals surface area contributed by atoms with Gasteiger partial charge in [0.1, 0.15) is 0 Å². The molecule has 5 heteroatoms. The quantitative estimate of drug-likeness (QED) is 0.862. The van der Waals surface area contributed by atoms with Crippen molar-refractivity contribution in [3.8, 4) is 0 Å². The fourth-order valence-corrected chi connectivity index (χ4v) is 4.13. The predicted octanol–water partition coefficient (Wildman–Crippen LogP) is 2.11. The van der Waals surface area contributed by atoms with Crippen molar-refractivity contribution in [3.63, 3.8) is 0 Å². The van der Waals surface area contributed by atoms with Gasteiger partial charge in [-0.2, -0.15) is 0 Å². The van der Waals surface area contributed by atoms with Crippen molar-refractivity contribution in [2.75, 3.05) is 19.6 Å². The molecular weight excluding hydrogens is 272 g/mol. The molecule has 2 fully saturated rings. The van der Waals surface area contributed by atoms with Crippen LogP contribution in [0.2, 0.25) is 0 Å². The highest BCUT2D eigenvalue weighted by molar-refractivity contribution is 7.14. The molecule has 3 rings (SSSR count). The molecule has 3 heterocycles. The van der Waals surface area contributed by atoms with Gasteiger partial charge in [0.25, 0.3) is 5.91 Å². The molecule has 108 valence electrons. The van der Waals surface area contributed by atoms with Gasteiger partial charge in [0.05, 0.1) is 4.88 Å². The minimum Gasteiger partial charge on any atom is -0.356 e. The Hall–Kier alpha value is -1.36. The summed E-state index contributed by atoms with van der Waals surface area (Å²) in [5.74, 6) is 0.313. The van der Waals surface area contributed by atoms with Crippen molar-refractivity contribution < 1.29 is 9.59 Å². The highest BCUT2D eigenvalue weighted by Crippen LogP contribution is 2.38. The fourth-order valence-electron chi connectivity index (χ4n) is 3.12. The molecule has 1 N–H and O–H groups in total. The van der Waals surface area contributed by atoms with Crippen LogP contribution in [0.25, 0.3) is 0 Å². The maximum atomic E-state index is 12.5. The Bertz CT molecular complexity index is 537. The van der Waals surface area contributed by atoms with E-state index in [4.69, 9.17) is 0 Å². The molecule has 0 aromatic carbocycles. The lowest BCUT2D eigenvalue weighted by Gasteiger charge is -2.38. The Morgan fingerprint density at radius 2 is 2.05 bits per heavy atom. The van der Waals surface area contributed by atoms with Crippen LogP contribution >= 0.6 is 11.3 Å². The summed E-state index contributed by atoms with van der Waals surface area (Å²) in [7, 11) is 0. The molecule has 0 unspecified atom stereocenters. The van der Waals surface area contributed by atoms with Crippen LogP contribution in [0.4, 0.5) is 0 Å². The fraction of sp³-hybridized carbons (Fsp3) is 0.600. The molecule has 4 nitrogen and oxygen atoms in total. The molecule has 0 aliphatic carbocycles. The standard InChI is InChI=1S/C15H20N2O2S/c1-10-7-12(20-11(10)2)14(19)17-5-3-15(4-6-17)8-13(18)16-9-15/h7H,3-6,8-9H2,1-2H3,(H,16,18). The van der Waals surface area contributed by atoms with Crippen molar-refractivity contribution in [1.82, 2.24) is 10.2 Å². The first-order valence-corrected chi connectivity index (χ1v) is 7.94. The van der Waals surface area contributed by atoms with Crippen LogP contribution in [0.3, 0.4) is 0 Å². The minimum atomic E-state index is 0.106. The smallest absolute Gasteiger partial charge is 0.263 e. The molecule has 2 amide bonds. The van der Waals surface area contributed by atoms with E-state index in [0.29, 0.717) is 6.42 Å². The summed E-state index contributed by atoms with van der Waals surface area (Å²) in [6.45, 7) is 6.42. The lowest BCUT2D eigenvalue weighted by atomic mass is 9.77. The Balaban J connectivity index is 1.66. The number of rotatable bonds is 1. The van der Waals surface area contributed by atoms with E-state index in [2.05, 4.69) is 12.2 Å². The summed E-state index contributed by atoms with van der Waals surface area (Å²) >= 11 is 1.58. The molecule has 2 aliphatic rings. The molecular formula is C15H20N2O2S. The minimum absolute atomic E-state index is 0.106. The van der Waals surface area contributed by atoms with Gasteiger partial charge in [-0.05, 0) is 43.7 Å². The zero-order chi connectivity index (χ0) is 14.3. The monoisotopic (exact) mass is 292 g/mol. The van der Waals surface area contributed by atoms with Crippen LogP contribution in [0, 0.1) is 19.3 Å². The number of carbonyl (C=O) groups is 2. The van der Waals surface area contributed by atoms with E-state index in [1.54, 1.807) is 11.3 Å². The zero-order valence-corrected chi connectivity index (χ0v) is 12.8.